The molecule has 0 unspecified atom stereocenters. The highest BCUT2D eigenvalue weighted by molar-refractivity contribution is 5.85. The smallest absolute Gasteiger partial charge is 0.0629 e. The Labute approximate surface area is 66.9 Å². The number of nitrogens with zero attached hydrogens (tertiary/aromatic N) is 2. The van der Waals surface area contributed by atoms with Crippen molar-refractivity contribution < 1.29 is 0 Å². The van der Waals surface area contributed by atoms with E-state index in [-0.39, 0.29) is 18.6 Å². The molecule has 1 aromatic heterocycles. The van der Waals surface area contributed by atoms with Gasteiger partial charge in [0, 0.05) is 6.20 Å². The molecule has 0 amide bonds. The van der Waals surface area contributed by atoms with Crippen molar-refractivity contribution in [1.29, 1.82) is 0 Å². The highest BCUT2D eigenvalue weighted by Gasteiger charge is 1.86. The summed E-state index contributed by atoms with van der Waals surface area (Å²) in [6.07, 6.45) is 1.70. The number of halogens is 1. The van der Waals surface area contributed by atoms with E-state index in [2.05, 4.69) is 10.2 Å². The monoisotopic (exact) mass is 161 g/mol. The molecule has 0 aliphatic rings. The Morgan fingerprint density at radius 2 is 1.90 bits per heavy atom. The molecular formula is C6H12ClN3. The standard InChI is InChI=1S/C6H8N2.ClH.H3N/c1-5-3-4-7-8-6(5)2;;/h3-4H,1-2H3;1H;1H3. The van der Waals surface area contributed by atoms with E-state index in [0.29, 0.717) is 0 Å². The van der Waals surface area contributed by atoms with E-state index >= 15 is 0 Å². The Morgan fingerprint density at radius 3 is 2.20 bits per heavy atom. The Balaban J connectivity index is 0. The van der Waals surface area contributed by atoms with Crippen LogP contribution in [0.3, 0.4) is 0 Å². The minimum Gasteiger partial charge on any atom is -0.344 e. The van der Waals surface area contributed by atoms with Gasteiger partial charge in [-0.2, -0.15) is 10.2 Å². The Kier molecular flexibility index (Phi) is 6.20. The van der Waals surface area contributed by atoms with Crippen LogP contribution < -0.4 is 6.15 Å². The fourth-order valence-electron chi connectivity index (χ4n) is 0.465. The largest absolute Gasteiger partial charge is 0.344 e. The second kappa shape index (κ2) is 5.14. The molecule has 0 bridgehead atoms. The number of hydrogen-bond acceptors (Lipinski definition) is 3. The van der Waals surface area contributed by atoms with Crippen LogP contribution in [0.4, 0.5) is 0 Å². The first-order valence-electron chi connectivity index (χ1n) is 2.55. The van der Waals surface area contributed by atoms with E-state index in [9.17, 15) is 0 Å². The molecule has 1 heterocycles. The van der Waals surface area contributed by atoms with Gasteiger partial charge in [-0.15, -0.1) is 12.4 Å². The molecule has 0 aromatic carbocycles. The molecule has 0 saturated carbocycles. The van der Waals surface area contributed by atoms with Crippen molar-refractivity contribution in [1.82, 2.24) is 16.3 Å². The van der Waals surface area contributed by atoms with Crippen LogP contribution in [0, 0.1) is 13.8 Å². The molecule has 4 heteroatoms. The summed E-state index contributed by atoms with van der Waals surface area (Å²) in [6, 6.07) is 1.95. The SMILES string of the molecule is Cc1ccnnc1C.Cl.N. The second-order valence-corrected chi connectivity index (χ2v) is 1.80. The number of rotatable bonds is 0. The molecule has 0 aliphatic heterocycles. The van der Waals surface area contributed by atoms with Gasteiger partial charge in [-0.25, -0.2) is 0 Å². The maximum Gasteiger partial charge on any atom is 0.0629 e. The van der Waals surface area contributed by atoms with Gasteiger partial charge in [-0.1, -0.05) is 0 Å². The summed E-state index contributed by atoms with van der Waals surface area (Å²) in [4.78, 5) is 0. The van der Waals surface area contributed by atoms with Crippen LogP contribution in [0.5, 0.6) is 0 Å². The van der Waals surface area contributed by atoms with Crippen molar-refractivity contribution in [3.8, 4) is 0 Å². The van der Waals surface area contributed by atoms with Gasteiger partial charge in [0.1, 0.15) is 0 Å². The number of aryl methyl sites for hydroxylation is 2. The highest BCUT2D eigenvalue weighted by atomic mass is 35.5. The van der Waals surface area contributed by atoms with E-state index in [4.69, 9.17) is 0 Å². The molecule has 3 nitrogen and oxygen atoms in total. The molecule has 0 fully saturated rings. The van der Waals surface area contributed by atoms with E-state index in [1.807, 2.05) is 19.9 Å². The van der Waals surface area contributed by atoms with Gasteiger partial charge >= 0.3 is 0 Å². The predicted molar refractivity (Wildman–Crippen MR) is 43.8 cm³/mol. The predicted octanol–water partition coefficient (Wildman–Crippen LogP) is 1.68. The van der Waals surface area contributed by atoms with Crippen molar-refractivity contribution in [3.05, 3.63) is 23.5 Å². The lowest BCUT2D eigenvalue weighted by Gasteiger charge is -1.91. The van der Waals surface area contributed by atoms with Gasteiger partial charge in [0.15, 0.2) is 0 Å². The Bertz CT molecular complexity index is 169. The summed E-state index contributed by atoms with van der Waals surface area (Å²) < 4.78 is 0. The van der Waals surface area contributed by atoms with Crippen molar-refractivity contribution in [2.24, 2.45) is 0 Å². The molecule has 0 saturated heterocycles. The highest BCUT2D eigenvalue weighted by Crippen LogP contribution is 1.96. The maximum absolute atomic E-state index is 3.83. The molecule has 0 aliphatic carbocycles. The topological polar surface area (TPSA) is 60.8 Å². The first kappa shape index (κ1) is 12.0. The van der Waals surface area contributed by atoms with E-state index in [0.717, 1.165) is 5.69 Å². The molecular weight excluding hydrogens is 150 g/mol. The third-order valence-electron chi connectivity index (χ3n) is 1.17. The lowest BCUT2D eigenvalue weighted by atomic mass is 10.3. The van der Waals surface area contributed by atoms with Crippen LogP contribution in [0.1, 0.15) is 11.3 Å². The normalized spacial score (nSPS) is 7.40. The maximum atomic E-state index is 3.83. The van der Waals surface area contributed by atoms with Gasteiger partial charge in [0.2, 0.25) is 0 Å². The molecule has 0 atom stereocenters. The summed E-state index contributed by atoms with van der Waals surface area (Å²) >= 11 is 0. The van der Waals surface area contributed by atoms with Crippen molar-refractivity contribution in [3.63, 3.8) is 0 Å². The van der Waals surface area contributed by atoms with Crippen molar-refractivity contribution >= 4 is 12.4 Å². The summed E-state index contributed by atoms with van der Waals surface area (Å²) in [5, 5.41) is 7.52. The van der Waals surface area contributed by atoms with E-state index in [1.54, 1.807) is 6.20 Å². The molecule has 1 aromatic rings. The lowest BCUT2D eigenvalue weighted by molar-refractivity contribution is 0.961. The first-order chi connectivity index (χ1) is 3.80. The molecule has 0 radical (unpaired) electrons. The third kappa shape index (κ3) is 2.75. The van der Waals surface area contributed by atoms with Crippen LogP contribution in [0.2, 0.25) is 0 Å². The molecule has 58 valence electrons. The van der Waals surface area contributed by atoms with E-state index in [1.165, 1.54) is 5.56 Å². The van der Waals surface area contributed by atoms with Crippen LogP contribution in [0.15, 0.2) is 12.3 Å². The summed E-state index contributed by atoms with van der Waals surface area (Å²) in [5.41, 5.74) is 2.20. The quantitative estimate of drug-likeness (QED) is 0.630. The summed E-state index contributed by atoms with van der Waals surface area (Å²) in [5.74, 6) is 0. The number of aromatic nitrogens is 2. The zero-order valence-corrected chi connectivity index (χ0v) is 6.98. The van der Waals surface area contributed by atoms with Crippen molar-refractivity contribution in [2.75, 3.05) is 0 Å². The minimum atomic E-state index is 0. The minimum absolute atomic E-state index is 0. The van der Waals surface area contributed by atoms with Crippen LogP contribution >= 0.6 is 12.4 Å². The van der Waals surface area contributed by atoms with Crippen molar-refractivity contribution in [2.45, 2.75) is 13.8 Å². The van der Waals surface area contributed by atoms with Crippen LogP contribution in [-0.4, -0.2) is 10.2 Å². The van der Waals surface area contributed by atoms with Gasteiger partial charge in [0.05, 0.1) is 5.69 Å². The zero-order valence-electron chi connectivity index (χ0n) is 6.16. The Morgan fingerprint density at radius 1 is 1.30 bits per heavy atom. The molecule has 0 spiro atoms. The van der Waals surface area contributed by atoms with Crippen LogP contribution in [-0.2, 0) is 0 Å². The van der Waals surface area contributed by atoms with E-state index < -0.39 is 0 Å². The first-order valence-corrected chi connectivity index (χ1v) is 2.55. The second-order valence-electron chi connectivity index (χ2n) is 1.80. The molecule has 10 heavy (non-hydrogen) atoms. The zero-order chi connectivity index (χ0) is 5.98. The van der Waals surface area contributed by atoms with Gasteiger partial charge < -0.3 is 6.15 Å². The number of hydrogen-bond donors (Lipinski definition) is 1. The average Bonchev–Trinajstić information content (AvgIpc) is 1.77. The van der Waals surface area contributed by atoms with Gasteiger partial charge in [-0.05, 0) is 25.5 Å². The van der Waals surface area contributed by atoms with Gasteiger partial charge in [0.25, 0.3) is 0 Å². The fraction of sp³-hybridized carbons (Fsp3) is 0.333. The van der Waals surface area contributed by atoms with Gasteiger partial charge in [-0.3, -0.25) is 0 Å². The average molecular weight is 162 g/mol. The summed E-state index contributed by atoms with van der Waals surface area (Å²) in [7, 11) is 0. The fourth-order valence-corrected chi connectivity index (χ4v) is 0.465. The molecule has 3 N–H and O–H groups in total. The molecule has 1 rings (SSSR count). The summed E-state index contributed by atoms with van der Waals surface area (Å²) in [6.45, 7) is 3.96. The lowest BCUT2D eigenvalue weighted by Crippen LogP contribution is -1.86. The Hall–Kier alpha value is -0.670. The third-order valence-corrected chi connectivity index (χ3v) is 1.17. The van der Waals surface area contributed by atoms with Crippen LogP contribution in [0.25, 0.3) is 0 Å².